The van der Waals surface area contributed by atoms with Gasteiger partial charge in [-0.25, -0.2) is 0 Å². The number of amides is 2. The average molecular weight is 1010 g/mol. The third kappa shape index (κ3) is 19.7. The van der Waals surface area contributed by atoms with Crippen molar-refractivity contribution < 1.29 is 49.2 Å². The Morgan fingerprint density at radius 3 is 2.19 bits per heavy atom. The Bertz CT molecular complexity index is 2000. The first-order valence-corrected chi connectivity index (χ1v) is 26.0. The molecule has 0 saturated carbocycles. The van der Waals surface area contributed by atoms with Crippen LogP contribution in [-0.4, -0.2) is 124 Å². The molecule has 0 saturated heterocycles. The number of aldehydes is 1. The molecule has 406 valence electrons. The molecular formula is C53H89N9O10. The Kier molecular flexibility index (Phi) is 25.7. The Morgan fingerprint density at radius 1 is 0.931 bits per heavy atom. The van der Waals surface area contributed by atoms with Crippen LogP contribution in [0.1, 0.15) is 136 Å². The Balaban J connectivity index is 1.72. The van der Waals surface area contributed by atoms with Crippen molar-refractivity contribution in [2.45, 2.75) is 186 Å². The molecule has 1 aromatic rings. The van der Waals surface area contributed by atoms with Crippen LogP contribution in [-0.2, 0) is 35.2 Å². The normalized spacial score (nSPS) is 21.1. The van der Waals surface area contributed by atoms with E-state index in [0.29, 0.717) is 49.2 Å². The minimum Gasteiger partial charge on any atom is -0.513 e. The maximum absolute atomic E-state index is 14.1. The number of nitrogens with two attached hydrogens (primary N) is 4. The van der Waals surface area contributed by atoms with Crippen LogP contribution < -0.4 is 49.5 Å². The smallest absolute Gasteiger partial charge is 0.303 e. The number of hydrogen-bond acceptors (Lipinski definition) is 16. The van der Waals surface area contributed by atoms with Gasteiger partial charge < -0.3 is 74.7 Å². The maximum atomic E-state index is 14.1. The van der Waals surface area contributed by atoms with Crippen molar-refractivity contribution in [3.05, 3.63) is 53.3 Å². The summed E-state index contributed by atoms with van der Waals surface area (Å²) in [6, 6.07) is 1.94. The van der Waals surface area contributed by atoms with Crippen molar-refractivity contribution in [3.63, 3.8) is 0 Å². The summed E-state index contributed by atoms with van der Waals surface area (Å²) in [7, 11) is 1.93. The number of carbonyl (C=O) groups excluding carboxylic acids is 5. The molecule has 0 aliphatic heterocycles. The second-order valence-corrected chi connectivity index (χ2v) is 21.5. The van der Waals surface area contributed by atoms with Gasteiger partial charge in [0.25, 0.3) is 0 Å². The van der Waals surface area contributed by atoms with Crippen LogP contribution in [0.25, 0.3) is 0 Å². The van der Waals surface area contributed by atoms with E-state index in [4.69, 9.17) is 22.9 Å². The number of ketones is 2. The summed E-state index contributed by atoms with van der Waals surface area (Å²) >= 11 is 0. The van der Waals surface area contributed by atoms with Crippen LogP contribution in [0, 0.1) is 35.5 Å². The van der Waals surface area contributed by atoms with E-state index in [-0.39, 0.29) is 92.3 Å². The molecule has 72 heavy (non-hydrogen) atoms. The van der Waals surface area contributed by atoms with E-state index in [1.807, 2.05) is 27.0 Å². The number of likely N-dealkylation sites (N-methyl/N-ethyl adjacent to an activating group) is 1. The number of aromatic hydroxyl groups is 1. The van der Waals surface area contributed by atoms with Crippen molar-refractivity contribution in [2.75, 3.05) is 13.6 Å². The summed E-state index contributed by atoms with van der Waals surface area (Å²) in [5.74, 6) is -6.04. The lowest BCUT2D eigenvalue weighted by atomic mass is 9.71. The minimum absolute atomic E-state index is 0.0195. The van der Waals surface area contributed by atoms with E-state index in [1.54, 1.807) is 6.07 Å². The highest BCUT2D eigenvalue weighted by Gasteiger charge is 2.42. The van der Waals surface area contributed by atoms with Crippen molar-refractivity contribution in [3.8, 4) is 5.75 Å². The molecule has 0 heterocycles. The van der Waals surface area contributed by atoms with Crippen molar-refractivity contribution in [1.29, 1.82) is 0 Å². The molecule has 3 rings (SSSR count). The highest BCUT2D eigenvalue weighted by molar-refractivity contribution is 5.99. The van der Waals surface area contributed by atoms with Crippen LogP contribution in [0.2, 0.25) is 0 Å². The van der Waals surface area contributed by atoms with Crippen LogP contribution in [0.15, 0.2) is 42.2 Å². The topological polar surface area (TPSA) is 348 Å². The number of fused-ring (bicyclic) bond motifs is 1. The van der Waals surface area contributed by atoms with Gasteiger partial charge in [0.1, 0.15) is 12.0 Å². The molecule has 19 nitrogen and oxygen atoms in total. The standard InChI is InChI=1S/C53H89N9O10/c1-28(2)18-36(27-63)49-42-24-39(66)15-14-34(42)22-45(50(49)70)62-52(71)35(13-12-30(5)64)20-37(54)26-59-51(57)41(32(7)65)25-46(67)43(16-17-48(68)69)61-53(72)40-11-9-10-33(40)21-38(23-47(55)56)60-31(6)44(58-8)19-29(3)4/h11,14-15,24,27-29,31-33,35-38,41,43-45,47,49,51,58-60,64-66H,5,9-10,12-13,16-23,25-26,54-57H2,1-4,6-8H3,(H,61,72)(H,62,71)(H,68,69). The first-order chi connectivity index (χ1) is 33.8. The number of carboxylic acid groups (broad SMARTS) is 1. The molecule has 0 aromatic heterocycles. The third-order valence-corrected chi connectivity index (χ3v) is 14.3. The molecule has 2 aliphatic carbocycles. The summed E-state index contributed by atoms with van der Waals surface area (Å²) < 4.78 is 0. The van der Waals surface area contributed by atoms with E-state index >= 15 is 0 Å². The Hall–Kier alpha value is -4.60. The number of phenols is 1. The quantitative estimate of drug-likeness (QED) is 0.0268. The number of aliphatic hydroxyl groups excluding tert-OH is 2. The van der Waals surface area contributed by atoms with E-state index < -0.39 is 90.2 Å². The van der Waals surface area contributed by atoms with Crippen LogP contribution in [0.3, 0.4) is 0 Å². The lowest BCUT2D eigenvalue weighted by Crippen LogP contribution is -2.54. The highest BCUT2D eigenvalue weighted by Crippen LogP contribution is 2.39. The fourth-order valence-electron chi connectivity index (χ4n) is 10.6. The fraction of sp³-hybridized carbons (Fsp3) is 0.698. The first-order valence-electron chi connectivity index (χ1n) is 26.0. The molecule has 2 aliphatic rings. The number of hydrogen-bond donors (Lipinski definition) is 13. The van der Waals surface area contributed by atoms with Gasteiger partial charge in [0, 0.05) is 79.7 Å². The molecular weight excluding hydrogens is 923 g/mol. The maximum Gasteiger partial charge on any atom is 0.303 e. The second-order valence-electron chi connectivity index (χ2n) is 21.5. The molecule has 19 heteroatoms. The molecule has 0 bridgehead atoms. The monoisotopic (exact) mass is 1010 g/mol. The van der Waals surface area contributed by atoms with E-state index in [0.717, 1.165) is 18.3 Å². The molecule has 0 fully saturated rings. The van der Waals surface area contributed by atoms with Gasteiger partial charge in [-0.15, -0.1) is 0 Å². The molecule has 13 atom stereocenters. The first kappa shape index (κ1) is 61.7. The zero-order valence-electron chi connectivity index (χ0n) is 43.8. The predicted octanol–water partition coefficient (Wildman–Crippen LogP) is 2.65. The minimum atomic E-state index is -1.20. The van der Waals surface area contributed by atoms with E-state index in [1.165, 1.54) is 19.1 Å². The lowest BCUT2D eigenvalue weighted by Gasteiger charge is -2.35. The molecule has 2 amide bonds. The van der Waals surface area contributed by atoms with Gasteiger partial charge in [0.2, 0.25) is 11.8 Å². The Labute approximate surface area is 426 Å². The van der Waals surface area contributed by atoms with Gasteiger partial charge in [-0.05, 0) is 120 Å². The molecule has 13 unspecified atom stereocenters. The number of nitrogens with one attached hydrogen (secondary N) is 5. The fourth-order valence-corrected chi connectivity index (χ4v) is 10.6. The van der Waals surface area contributed by atoms with Crippen LogP contribution in [0.4, 0.5) is 0 Å². The molecule has 0 radical (unpaired) electrons. The van der Waals surface area contributed by atoms with Crippen LogP contribution >= 0.6 is 0 Å². The number of benzene rings is 1. The zero-order chi connectivity index (χ0) is 54.0. The summed E-state index contributed by atoms with van der Waals surface area (Å²) in [6.45, 7) is 15.4. The number of Topliss-reactive ketones (excluding diaryl/α,β-unsaturated/α-hetero) is 2. The van der Waals surface area contributed by atoms with E-state index in [9.17, 15) is 49.2 Å². The van der Waals surface area contributed by atoms with Crippen molar-refractivity contribution in [1.82, 2.24) is 26.6 Å². The van der Waals surface area contributed by atoms with Crippen molar-refractivity contribution >= 4 is 35.6 Å². The molecule has 17 N–H and O–H groups in total. The summed E-state index contributed by atoms with van der Waals surface area (Å²) in [4.78, 5) is 80.3. The number of allylic oxidation sites excluding steroid dienone is 2. The second kappa shape index (κ2) is 29.9. The molecule has 1 aromatic carbocycles. The van der Waals surface area contributed by atoms with E-state index in [2.05, 4.69) is 53.9 Å². The van der Waals surface area contributed by atoms with Crippen molar-refractivity contribution in [2.24, 2.45) is 58.4 Å². The highest BCUT2D eigenvalue weighted by atomic mass is 16.4. The largest absolute Gasteiger partial charge is 0.513 e. The number of aliphatic hydroxyl groups is 2. The van der Waals surface area contributed by atoms with Gasteiger partial charge in [0.15, 0.2) is 11.6 Å². The Morgan fingerprint density at radius 2 is 1.61 bits per heavy atom. The van der Waals surface area contributed by atoms with Gasteiger partial charge in [0.05, 0.1) is 42.2 Å². The third-order valence-electron chi connectivity index (χ3n) is 14.3. The lowest BCUT2D eigenvalue weighted by molar-refractivity contribution is -0.138. The van der Waals surface area contributed by atoms with Gasteiger partial charge in [-0.3, -0.25) is 24.0 Å². The summed E-state index contributed by atoms with van der Waals surface area (Å²) in [5, 5.41) is 56.7. The predicted molar refractivity (Wildman–Crippen MR) is 278 cm³/mol. The number of carboxylic acids is 1. The molecule has 0 spiro atoms. The SMILES string of the molecule is C=C(O)CCC(CC(N)CNC(N)C(CC(=O)C(CCC(=O)O)NC(=O)C1=CCCC1CC(CC(N)N)NC(C)C(CC(C)C)NC)C(C)O)C(=O)NC1Cc2ccc(O)cc2C(C(C=O)CC(C)C)C1=O. The van der Waals surface area contributed by atoms with Crippen LogP contribution in [0.5, 0.6) is 5.75 Å². The average Bonchev–Trinajstić information content (AvgIpc) is 3.76. The van der Waals surface area contributed by atoms with Gasteiger partial charge >= 0.3 is 5.97 Å². The summed E-state index contributed by atoms with van der Waals surface area (Å²) in [6.07, 6.45) is 3.15. The number of carbonyl (C=O) groups is 6. The number of phenolic OH excluding ortho intramolecular Hbond substituents is 1. The van der Waals surface area contributed by atoms with Gasteiger partial charge in [-0.2, -0.15) is 0 Å². The number of rotatable bonds is 34. The summed E-state index contributed by atoms with van der Waals surface area (Å²) in [5.41, 5.74) is 27.1. The number of aliphatic carboxylic acids is 1. The van der Waals surface area contributed by atoms with Gasteiger partial charge in [-0.1, -0.05) is 46.4 Å². The zero-order valence-corrected chi connectivity index (χ0v) is 43.8.